The summed E-state index contributed by atoms with van der Waals surface area (Å²) in [6.07, 6.45) is 4.58. The van der Waals surface area contributed by atoms with Gasteiger partial charge in [0.05, 0.1) is 0 Å². The Morgan fingerprint density at radius 3 is 2.46 bits per heavy atom. The molecule has 0 aromatic heterocycles. The Morgan fingerprint density at radius 1 is 0.923 bits per heavy atom. The maximum absolute atomic E-state index is 12.1. The van der Waals surface area contributed by atoms with Crippen molar-refractivity contribution in [2.75, 3.05) is 18.5 Å². The molecule has 0 saturated heterocycles. The minimum absolute atomic E-state index is 0.0982. The van der Waals surface area contributed by atoms with E-state index in [-0.39, 0.29) is 12.5 Å². The molecule has 0 heterocycles. The summed E-state index contributed by atoms with van der Waals surface area (Å²) in [5.41, 5.74) is 3.19. The zero-order chi connectivity index (χ0) is 18.4. The molecule has 0 saturated carbocycles. The predicted octanol–water partition coefficient (Wildman–Crippen LogP) is 3.05. The molecule has 1 amide bonds. The zero-order valence-corrected chi connectivity index (χ0v) is 14.4. The number of nitrogens with one attached hydrogen (secondary N) is 1. The van der Waals surface area contributed by atoms with Gasteiger partial charge < -0.3 is 19.9 Å². The molecule has 0 bridgehead atoms. The molecule has 26 heavy (non-hydrogen) atoms. The number of amides is 1. The number of carboxylic acids is 1. The highest BCUT2D eigenvalue weighted by Crippen LogP contribution is 2.25. The van der Waals surface area contributed by atoms with Gasteiger partial charge in [-0.3, -0.25) is 4.79 Å². The molecule has 1 aliphatic carbocycles. The summed E-state index contributed by atoms with van der Waals surface area (Å²) in [5.74, 6) is -0.281. The van der Waals surface area contributed by atoms with Crippen molar-refractivity contribution in [1.82, 2.24) is 0 Å². The first-order valence-electron chi connectivity index (χ1n) is 8.59. The van der Waals surface area contributed by atoms with Gasteiger partial charge >= 0.3 is 5.97 Å². The number of ether oxygens (including phenoxy) is 2. The highest BCUT2D eigenvalue weighted by atomic mass is 16.5. The van der Waals surface area contributed by atoms with Gasteiger partial charge in [-0.05, 0) is 61.1 Å². The van der Waals surface area contributed by atoms with Crippen molar-refractivity contribution >= 4 is 17.6 Å². The second-order valence-electron chi connectivity index (χ2n) is 6.18. The SMILES string of the molecule is O=C(O)COc1cccc(NC(=O)COc2ccc3c(c2)CCCC3)c1. The van der Waals surface area contributed by atoms with Crippen molar-refractivity contribution in [2.45, 2.75) is 25.7 Å². The highest BCUT2D eigenvalue weighted by molar-refractivity contribution is 5.92. The maximum Gasteiger partial charge on any atom is 0.341 e. The van der Waals surface area contributed by atoms with Crippen LogP contribution in [0.3, 0.4) is 0 Å². The molecule has 1 aliphatic rings. The summed E-state index contributed by atoms with van der Waals surface area (Å²) in [4.78, 5) is 22.6. The van der Waals surface area contributed by atoms with Crippen LogP contribution < -0.4 is 14.8 Å². The van der Waals surface area contributed by atoms with E-state index in [9.17, 15) is 9.59 Å². The number of rotatable bonds is 7. The van der Waals surface area contributed by atoms with Crippen LogP contribution in [-0.2, 0) is 22.4 Å². The third kappa shape index (κ3) is 4.99. The predicted molar refractivity (Wildman–Crippen MR) is 96.8 cm³/mol. The summed E-state index contributed by atoms with van der Waals surface area (Å²) in [6, 6.07) is 12.6. The van der Waals surface area contributed by atoms with Crippen molar-refractivity contribution in [3.63, 3.8) is 0 Å². The number of carbonyl (C=O) groups is 2. The summed E-state index contributed by atoms with van der Waals surface area (Å²) in [7, 11) is 0. The molecule has 0 aliphatic heterocycles. The van der Waals surface area contributed by atoms with Gasteiger partial charge in [-0.15, -0.1) is 0 Å². The van der Waals surface area contributed by atoms with Gasteiger partial charge in [0, 0.05) is 11.8 Å². The molecule has 2 aromatic rings. The van der Waals surface area contributed by atoms with E-state index in [0.717, 1.165) is 12.8 Å². The van der Waals surface area contributed by atoms with Gasteiger partial charge in [0.15, 0.2) is 13.2 Å². The molecule has 0 unspecified atom stereocenters. The van der Waals surface area contributed by atoms with Crippen molar-refractivity contribution in [3.8, 4) is 11.5 Å². The van der Waals surface area contributed by atoms with E-state index < -0.39 is 12.6 Å². The fourth-order valence-corrected chi connectivity index (χ4v) is 2.95. The zero-order valence-electron chi connectivity index (χ0n) is 14.4. The fraction of sp³-hybridized carbons (Fsp3) is 0.300. The third-order valence-corrected chi connectivity index (χ3v) is 4.17. The molecular weight excluding hydrogens is 334 g/mol. The Bertz CT molecular complexity index is 803. The number of anilines is 1. The number of benzene rings is 2. The van der Waals surface area contributed by atoms with Crippen molar-refractivity contribution in [2.24, 2.45) is 0 Å². The largest absolute Gasteiger partial charge is 0.484 e. The summed E-state index contributed by atoms with van der Waals surface area (Å²) in [6.45, 7) is -0.530. The van der Waals surface area contributed by atoms with E-state index in [1.807, 2.05) is 12.1 Å². The van der Waals surface area contributed by atoms with Gasteiger partial charge in [0.2, 0.25) is 0 Å². The van der Waals surface area contributed by atoms with E-state index >= 15 is 0 Å². The lowest BCUT2D eigenvalue weighted by molar-refractivity contribution is -0.139. The summed E-state index contributed by atoms with van der Waals surface area (Å²) >= 11 is 0. The minimum atomic E-state index is -1.06. The standard InChI is InChI=1S/C20H21NO5/c22-19(21-16-6-3-7-17(11-16)26-13-20(23)24)12-25-18-9-8-14-4-1-2-5-15(14)10-18/h3,6-11H,1-2,4-5,12-13H2,(H,21,22)(H,23,24). The Labute approximate surface area is 151 Å². The van der Waals surface area contributed by atoms with E-state index in [0.29, 0.717) is 17.2 Å². The van der Waals surface area contributed by atoms with Crippen LogP contribution >= 0.6 is 0 Å². The average Bonchev–Trinajstić information content (AvgIpc) is 2.65. The Balaban J connectivity index is 1.52. The van der Waals surface area contributed by atoms with Crippen LogP contribution in [0.1, 0.15) is 24.0 Å². The fourth-order valence-electron chi connectivity index (χ4n) is 2.95. The average molecular weight is 355 g/mol. The number of hydrogen-bond donors (Lipinski definition) is 2. The summed E-state index contributed by atoms with van der Waals surface area (Å²) < 4.78 is 10.7. The van der Waals surface area contributed by atoms with Crippen LogP contribution in [0.25, 0.3) is 0 Å². The van der Waals surface area contributed by atoms with Crippen molar-refractivity contribution in [3.05, 3.63) is 53.6 Å². The van der Waals surface area contributed by atoms with E-state index in [1.54, 1.807) is 24.3 Å². The molecule has 3 rings (SSSR count). The van der Waals surface area contributed by atoms with Crippen LogP contribution in [0.15, 0.2) is 42.5 Å². The van der Waals surface area contributed by atoms with Crippen LogP contribution in [-0.4, -0.2) is 30.2 Å². The lowest BCUT2D eigenvalue weighted by Gasteiger charge is -2.16. The minimum Gasteiger partial charge on any atom is -0.484 e. The second-order valence-corrected chi connectivity index (χ2v) is 6.18. The van der Waals surface area contributed by atoms with Gasteiger partial charge in [-0.2, -0.15) is 0 Å². The van der Waals surface area contributed by atoms with E-state index in [1.165, 1.54) is 24.0 Å². The first-order valence-corrected chi connectivity index (χ1v) is 8.59. The van der Waals surface area contributed by atoms with Gasteiger partial charge in [0.1, 0.15) is 11.5 Å². The first kappa shape index (κ1) is 17.8. The number of aryl methyl sites for hydroxylation is 2. The van der Waals surface area contributed by atoms with Gasteiger partial charge in [-0.25, -0.2) is 4.79 Å². The highest BCUT2D eigenvalue weighted by Gasteiger charge is 2.11. The van der Waals surface area contributed by atoms with E-state index in [4.69, 9.17) is 14.6 Å². The maximum atomic E-state index is 12.1. The molecule has 6 nitrogen and oxygen atoms in total. The van der Waals surface area contributed by atoms with Crippen molar-refractivity contribution < 1.29 is 24.2 Å². The number of fused-ring (bicyclic) bond motifs is 1. The summed E-state index contributed by atoms with van der Waals surface area (Å²) in [5, 5.41) is 11.3. The number of aliphatic carboxylic acids is 1. The molecule has 2 N–H and O–H groups in total. The molecule has 0 radical (unpaired) electrons. The van der Waals surface area contributed by atoms with Crippen LogP contribution in [0.5, 0.6) is 11.5 Å². The number of hydrogen-bond acceptors (Lipinski definition) is 4. The molecule has 0 atom stereocenters. The van der Waals surface area contributed by atoms with Crippen LogP contribution in [0.2, 0.25) is 0 Å². The smallest absolute Gasteiger partial charge is 0.341 e. The van der Waals surface area contributed by atoms with Crippen LogP contribution in [0.4, 0.5) is 5.69 Å². The number of carboxylic acid groups (broad SMARTS) is 1. The molecule has 136 valence electrons. The Morgan fingerprint density at radius 2 is 1.65 bits per heavy atom. The van der Waals surface area contributed by atoms with Gasteiger partial charge in [-0.1, -0.05) is 12.1 Å². The normalized spacial score (nSPS) is 12.8. The van der Waals surface area contributed by atoms with Crippen molar-refractivity contribution in [1.29, 1.82) is 0 Å². The molecule has 6 heteroatoms. The molecule has 0 spiro atoms. The first-order chi connectivity index (χ1) is 12.6. The topological polar surface area (TPSA) is 84.9 Å². The second kappa shape index (κ2) is 8.38. The van der Waals surface area contributed by atoms with Gasteiger partial charge in [0.25, 0.3) is 5.91 Å². The monoisotopic (exact) mass is 355 g/mol. The molecule has 2 aromatic carbocycles. The van der Waals surface area contributed by atoms with E-state index in [2.05, 4.69) is 11.4 Å². The van der Waals surface area contributed by atoms with Crippen LogP contribution in [0, 0.1) is 0 Å². The number of carbonyl (C=O) groups excluding carboxylic acids is 1. The quantitative estimate of drug-likeness (QED) is 0.797. The molecule has 0 fully saturated rings. The lowest BCUT2D eigenvalue weighted by atomic mass is 9.92. The Hall–Kier alpha value is -3.02. The lowest BCUT2D eigenvalue weighted by Crippen LogP contribution is -2.20. The molecular formula is C20H21NO5. The third-order valence-electron chi connectivity index (χ3n) is 4.17. The Kier molecular flexibility index (Phi) is 5.73.